The van der Waals surface area contributed by atoms with Crippen LogP contribution < -0.4 is 5.32 Å². The molecule has 8 nitrogen and oxygen atoms in total. The third-order valence-electron chi connectivity index (χ3n) is 6.09. The molecule has 1 atom stereocenters. The summed E-state index contributed by atoms with van der Waals surface area (Å²) in [7, 11) is 0. The zero-order valence-corrected chi connectivity index (χ0v) is 16.7. The molecule has 0 aromatic carbocycles. The maximum atomic E-state index is 13.3. The molecular weight excluding hydrogens is 386 g/mol. The number of piperidine rings is 1. The summed E-state index contributed by atoms with van der Waals surface area (Å²) in [6.07, 6.45) is 1.44. The number of halogens is 2. The molecule has 4 amide bonds. The molecule has 0 spiro atoms. The standard InChI is InChI=1S/C19H30F2N4O4/c20-19(21)6-11-23(12-7-19)14-18(29)4-1-9-24(13-5-18)15(26)3-10-25-16(27)2-8-22-17(25)28/h29H,1-14H2,(H,22,28)/t18-/m0/s1. The molecule has 0 saturated carbocycles. The van der Waals surface area contributed by atoms with E-state index in [4.69, 9.17) is 0 Å². The molecule has 3 aliphatic rings. The van der Waals surface area contributed by atoms with Crippen molar-refractivity contribution >= 4 is 17.8 Å². The molecule has 3 fully saturated rings. The third kappa shape index (κ3) is 5.85. The topological polar surface area (TPSA) is 93.2 Å². The van der Waals surface area contributed by atoms with Crippen LogP contribution in [-0.4, -0.2) is 95.0 Å². The molecule has 3 heterocycles. The molecule has 3 rings (SSSR count). The van der Waals surface area contributed by atoms with Crippen molar-refractivity contribution in [3.63, 3.8) is 0 Å². The van der Waals surface area contributed by atoms with Crippen LogP contribution in [0.3, 0.4) is 0 Å². The van der Waals surface area contributed by atoms with Gasteiger partial charge in [-0.15, -0.1) is 0 Å². The van der Waals surface area contributed by atoms with Crippen molar-refractivity contribution < 1.29 is 28.3 Å². The van der Waals surface area contributed by atoms with E-state index in [-0.39, 0.29) is 57.1 Å². The molecular formula is C19H30F2N4O4. The summed E-state index contributed by atoms with van der Waals surface area (Å²) < 4.78 is 26.7. The Balaban J connectivity index is 1.46. The molecule has 2 N–H and O–H groups in total. The lowest BCUT2D eigenvalue weighted by atomic mass is 9.93. The molecule has 10 heteroatoms. The summed E-state index contributed by atoms with van der Waals surface area (Å²) in [4.78, 5) is 40.7. The highest BCUT2D eigenvalue weighted by Gasteiger charge is 2.38. The predicted molar refractivity (Wildman–Crippen MR) is 100 cm³/mol. The SMILES string of the molecule is O=C(CCN1C(=O)CCNC1=O)N1CCC[C@@](O)(CN2CCC(F)(F)CC2)CC1. The first-order valence-electron chi connectivity index (χ1n) is 10.4. The Morgan fingerprint density at radius 3 is 2.48 bits per heavy atom. The molecule has 164 valence electrons. The Labute approximate surface area is 169 Å². The number of aliphatic hydroxyl groups is 1. The lowest BCUT2D eigenvalue weighted by Gasteiger charge is -2.37. The average Bonchev–Trinajstić information content (AvgIpc) is 2.85. The van der Waals surface area contributed by atoms with Gasteiger partial charge in [-0.2, -0.15) is 0 Å². The molecule has 0 bridgehead atoms. The minimum Gasteiger partial charge on any atom is -0.388 e. The highest BCUT2D eigenvalue weighted by atomic mass is 19.3. The molecule has 0 unspecified atom stereocenters. The summed E-state index contributed by atoms with van der Waals surface area (Å²) in [6.45, 7) is 2.12. The highest BCUT2D eigenvalue weighted by molar-refractivity contribution is 5.97. The van der Waals surface area contributed by atoms with Crippen molar-refractivity contribution in [1.29, 1.82) is 0 Å². The van der Waals surface area contributed by atoms with Crippen LogP contribution in [0, 0.1) is 0 Å². The number of nitrogens with one attached hydrogen (secondary N) is 1. The Morgan fingerprint density at radius 2 is 1.79 bits per heavy atom. The van der Waals surface area contributed by atoms with Crippen LogP contribution in [0.2, 0.25) is 0 Å². The van der Waals surface area contributed by atoms with E-state index < -0.39 is 17.6 Å². The van der Waals surface area contributed by atoms with Crippen molar-refractivity contribution in [2.45, 2.75) is 56.5 Å². The molecule has 3 aliphatic heterocycles. The van der Waals surface area contributed by atoms with Gasteiger partial charge in [0.1, 0.15) is 0 Å². The van der Waals surface area contributed by atoms with Crippen molar-refractivity contribution in [3.05, 3.63) is 0 Å². The summed E-state index contributed by atoms with van der Waals surface area (Å²) in [5.74, 6) is -3.05. The lowest BCUT2D eigenvalue weighted by Crippen LogP contribution is -2.51. The number of amides is 4. The van der Waals surface area contributed by atoms with Gasteiger partial charge in [-0.1, -0.05) is 0 Å². The molecule has 0 aromatic rings. The van der Waals surface area contributed by atoms with Gasteiger partial charge in [0.05, 0.1) is 5.60 Å². The zero-order chi connectivity index (χ0) is 21.1. The number of hydrogen-bond donors (Lipinski definition) is 2. The Morgan fingerprint density at radius 1 is 1.07 bits per heavy atom. The maximum absolute atomic E-state index is 13.3. The summed E-state index contributed by atoms with van der Waals surface area (Å²) >= 11 is 0. The van der Waals surface area contributed by atoms with E-state index >= 15 is 0 Å². The predicted octanol–water partition coefficient (Wildman–Crippen LogP) is 0.793. The lowest BCUT2D eigenvalue weighted by molar-refractivity contribution is -0.133. The van der Waals surface area contributed by atoms with Gasteiger partial charge in [-0.3, -0.25) is 14.5 Å². The normalized spacial score (nSPS) is 28.8. The minimum atomic E-state index is -2.61. The van der Waals surface area contributed by atoms with Gasteiger partial charge in [0, 0.05) is 71.5 Å². The van der Waals surface area contributed by atoms with E-state index in [0.717, 1.165) is 4.90 Å². The largest absolute Gasteiger partial charge is 0.388 e. The zero-order valence-electron chi connectivity index (χ0n) is 16.7. The second-order valence-corrected chi connectivity index (χ2v) is 8.37. The van der Waals surface area contributed by atoms with E-state index in [1.165, 1.54) is 0 Å². The van der Waals surface area contributed by atoms with Gasteiger partial charge >= 0.3 is 6.03 Å². The van der Waals surface area contributed by atoms with Gasteiger partial charge < -0.3 is 20.2 Å². The first kappa shape index (κ1) is 21.9. The molecule has 29 heavy (non-hydrogen) atoms. The van der Waals surface area contributed by atoms with Crippen LogP contribution in [0.4, 0.5) is 13.6 Å². The van der Waals surface area contributed by atoms with Crippen molar-refractivity contribution in [2.75, 3.05) is 45.8 Å². The molecule has 0 aliphatic carbocycles. The number of nitrogens with zero attached hydrogens (tertiary/aromatic N) is 3. The van der Waals surface area contributed by atoms with Gasteiger partial charge in [-0.25, -0.2) is 13.6 Å². The van der Waals surface area contributed by atoms with E-state index in [1.807, 2.05) is 4.90 Å². The number of carbonyl (C=O) groups is 3. The summed E-state index contributed by atoms with van der Waals surface area (Å²) in [6, 6.07) is -0.466. The van der Waals surface area contributed by atoms with Gasteiger partial charge in [0.2, 0.25) is 11.8 Å². The van der Waals surface area contributed by atoms with Crippen LogP contribution in [-0.2, 0) is 9.59 Å². The quantitative estimate of drug-likeness (QED) is 0.691. The number of hydrogen-bond acceptors (Lipinski definition) is 5. The third-order valence-corrected chi connectivity index (χ3v) is 6.09. The molecule has 0 radical (unpaired) electrons. The first-order valence-corrected chi connectivity index (χ1v) is 10.4. The van der Waals surface area contributed by atoms with Crippen molar-refractivity contribution in [2.24, 2.45) is 0 Å². The van der Waals surface area contributed by atoms with E-state index in [2.05, 4.69) is 5.32 Å². The number of urea groups is 1. The summed E-state index contributed by atoms with van der Waals surface area (Å²) in [5.41, 5.74) is -0.996. The Hall–Kier alpha value is -1.81. The van der Waals surface area contributed by atoms with Crippen molar-refractivity contribution in [1.82, 2.24) is 20.0 Å². The maximum Gasteiger partial charge on any atom is 0.324 e. The highest BCUT2D eigenvalue weighted by Crippen LogP contribution is 2.30. The smallest absolute Gasteiger partial charge is 0.324 e. The first-order chi connectivity index (χ1) is 13.7. The van der Waals surface area contributed by atoms with Crippen LogP contribution in [0.25, 0.3) is 0 Å². The number of β-amino-alcohol motifs (C(OH)–C–C–N with tert-alkyl or cyclic N) is 1. The van der Waals surface area contributed by atoms with E-state index in [9.17, 15) is 28.3 Å². The number of alkyl halides is 2. The fraction of sp³-hybridized carbons (Fsp3) is 0.842. The molecule has 0 aromatic heterocycles. The minimum absolute atomic E-state index is 0.0479. The monoisotopic (exact) mass is 416 g/mol. The van der Waals surface area contributed by atoms with Gasteiger partial charge in [-0.05, 0) is 19.3 Å². The Kier molecular flexibility index (Phi) is 6.72. The molecule has 3 saturated heterocycles. The average molecular weight is 416 g/mol. The van der Waals surface area contributed by atoms with Crippen LogP contribution in [0.1, 0.15) is 44.9 Å². The number of carbonyl (C=O) groups excluding carboxylic acids is 3. The van der Waals surface area contributed by atoms with Crippen LogP contribution in [0.5, 0.6) is 0 Å². The second-order valence-electron chi connectivity index (χ2n) is 8.37. The van der Waals surface area contributed by atoms with E-state index in [1.54, 1.807) is 4.90 Å². The fourth-order valence-corrected chi connectivity index (χ4v) is 4.25. The van der Waals surface area contributed by atoms with E-state index in [0.29, 0.717) is 45.4 Å². The fourth-order valence-electron chi connectivity index (χ4n) is 4.25. The number of imide groups is 1. The van der Waals surface area contributed by atoms with Gasteiger partial charge in [0.15, 0.2) is 0 Å². The van der Waals surface area contributed by atoms with Crippen molar-refractivity contribution in [3.8, 4) is 0 Å². The van der Waals surface area contributed by atoms with Gasteiger partial charge in [0.25, 0.3) is 5.92 Å². The van der Waals surface area contributed by atoms with Crippen LogP contribution in [0.15, 0.2) is 0 Å². The summed E-state index contributed by atoms with van der Waals surface area (Å²) in [5, 5.41) is 13.6. The Bertz CT molecular complexity index is 622. The number of likely N-dealkylation sites (tertiary alicyclic amines) is 2. The second kappa shape index (κ2) is 8.91. The number of rotatable bonds is 5. The van der Waals surface area contributed by atoms with Crippen LogP contribution >= 0.6 is 0 Å².